The molecule has 2 aromatic rings. The Morgan fingerprint density at radius 1 is 1.31 bits per heavy atom. The van der Waals surface area contributed by atoms with Gasteiger partial charge in [0.2, 0.25) is 0 Å². The van der Waals surface area contributed by atoms with Gasteiger partial charge in [-0.2, -0.15) is 0 Å². The van der Waals surface area contributed by atoms with E-state index in [0.717, 1.165) is 17.0 Å². The van der Waals surface area contributed by atoms with Crippen LogP contribution in [-0.4, -0.2) is 11.3 Å². The van der Waals surface area contributed by atoms with Crippen molar-refractivity contribution >= 4 is 17.6 Å². The van der Waals surface area contributed by atoms with E-state index in [1.54, 1.807) is 6.92 Å². The van der Waals surface area contributed by atoms with Crippen LogP contribution in [0.15, 0.2) is 18.2 Å². The number of hydrogen-bond acceptors (Lipinski definition) is 3. The number of carbonyl (C=O) groups excluding carboxylic acids is 1. The predicted octanol–water partition coefficient (Wildman–Crippen LogP) is 3.21. The van der Waals surface area contributed by atoms with Crippen LogP contribution in [0.5, 0.6) is 0 Å². The van der Waals surface area contributed by atoms with E-state index in [2.05, 4.69) is 4.98 Å². The highest BCUT2D eigenvalue weighted by atomic mass is 32.1. The third-order valence-electron chi connectivity index (χ3n) is 2.11. The normalized spacial score (nSPS) is 10.4. The van der Waals surface area contributed by atoms with Crippen molar-refractivity contribution < 1.29 is 13.6 Å². The molecule has 16 heavy (non-hydrogen) atoms. The number of aldehydes is 1. The molecule has 1 aromatic carbocycles. The lowest BCUT2D eigenvalue weighted by Crippen LogP contribution is -1.86. The molecule has 0 aliphatic heterocycles. The standard InChI is InChI=1S/C11H7F2NOS/c1-6-10(5-15)14-11(16-6)7-2-3-8(12)9(13)4-7/h2-5H,1H3. The SMILES string of the molecule is Cc1sc(-c2ccc(F)c(F)c2)nc1C=O. The van der Waals surface area contributed by atoms with Gasteiger partial charge in [0.05, 0.1) is 0 Å². The molecular formula is C11H7F2NOS. The molecule has 0 amide bonds. The molecule has 2 rings (SSSR count). The van der Waals surface area contributed by atoms with E-state index >= 15 is 0 Å². The molecule has 1 aromatic heterocycles. The molecular weight excluding hydrogens is 232 g/mol. The van der Waals surface area contributed by atoms with Crippen molar-refractivity contribution in [2.24, 2.45) is 0 Å². The average molecular weight is 239 g/mol. The van der Waals surface area contributed by atoms with Gasteiger partial charge in [-0.15, -0.1) is 11.3 Å². The van der Waals surface area contributed by atoms with Crippen molar-refractivity contribution in [3.8, 4) is 10.6 Å². The maximum absolute atomic E-state index is 13.0. The lowest BCUT2D eigenvalue weighted by atomic mass is 10.2. The lowest BCUT2D eigenvalue weighted by molar-refractivity contribution is 0.111. The van der Waals surface area contributed by atoms with Gasteiger partial charge in [-0.1, -0.05) is 0 Å². The number of halogens is 2. The minimum Gasteiger partial charge on any atom is -0.296 e. The molecule has 5 heteroatoms. The Bertz CT molecular complexity index is 551. The highest BCUT2D eigenvalue weighted by Crippen LogP contribution is 2.27. The Morgan fingerprint density at radius 2 is 2.06 bits per heavy atom. The Hall–Kier alpha value is -1.62. The summed E-state index contributed by atoms with van der Waals surface area (Å²) >= 11 is 1.28. The third kappa shape index (κ3) is 1.86. The molecule has 0 aliphatic rings. The molecule has 0 N–H and O–H groups in total. The molecule has 0 fully saturated rings. The maximum atomic E-state index is 13.0. The zero-order valence-corrected chi connectivity index (χ0v) is 9.15. The minimum atomic E-state index is -0.919. The van der Waals surface area contributed by atoms with E-state index in [0.29, 0.717) is 22.6 Å². The first-order valence-electron chi connectivity index (χ1n) is 4.50. The first-order chi connectivity index (χ1) is 7.61. The monoisotopic (exact) mass is 239 g/mol. The van der Waals surface area contributed by atoms with Crippen LogP contribution in [0.2, 0.25) is 0 Å². The zero-order valence-electron chi connectivity index (χ0n) is 8.33. The number of benzene rings is 1. The van der Waals surface area contributed by atoms with Crippen LogP contribution in [0.3, 0.4) is 0 Å². The number of carbonyl (C=O) groups is 1. The van der Waals surface area contributed by atoms with Crippen LogP contribution < -0.4 is 0 Å². The predicted molar refractivity (Wildman–Crippen MR) is 57.6 cm³/mol. The Morgan fingerprint density at radius 3 is 2.62 bits per heavy atom. The summed E-state index contributed by atoms with van der Waals surface area (Å²) in [6, 6.07) is 3.55. The van der Waals surface area contributed by atoms with Gasteiger partial charge < -0.3 is 0 Å². The van der Waals surface area contributed by atoms with Gasteiger partial charge in [0.1, 0.15) is 10.7 Å². The van der Waals surface area contributed by atoms with E-state index < -0.39 is 11.6 Å². The summed E-state index contributed by atoms with van der Waals surface area (Å²) < 4.78 is 25.7. The summed E-state index contributed by atoms with van der Waals surface area (Å²) in [6.07, 6.45) is 0.648. The van der Waals surface area contributed by atoms with Gasteiger partial charge in [-0.25, -0.2) is 13.8 Å². The van der Waals surface area contributed by atoms with Crippen molar-refractivity contribution in [2.75, 3.05) is 0 Å². The van der Waals surface area contributed by atoms with Gasteiger partial charge in [-0.3, -0.25) is 4.79 Å². The Kier molecular flexibility index (Phi) is 2.78. The Balaban J connectivity index is 2.50. The first-order valence-corrected chi connectivity index (χ1v) is 5.31. The fourth-order valence-electron chi connectivity index (χ4n) is 1.27. The smallest absolute Gasteiger partial charge is 0.169 e. The van der Waals surface area contributed by atoms with Crippen LogP contribution in [0.1, 0.15) is 15.4 Å². The number of thiazole rings is 1. The molecule has 0 radical (unpaired) electrons. The molecule has 2 nitrogen and oxygen atoms in total. The summed E-state index contributed by atoms with van der Waals surface area (Å²) in [5, 5.41) is 0.513. The second-order valence-electron chi connectivity index (χ2n) is 3.21. The van der Waals surface area contributed by atoms with Crippen molar-refractivity contribution in [3.05, 3.63) is 40.4 Å². The van der Waals surface area contributed by atoms with Crippen molar-refractivity contribution in [1.29, 1.82) is 0 Å². The van der Waals surface area contributed by atoms with Crippen molar-refractivity contribution in [1.82, 2.24) is 4.98 Å². The molecule has 0 unspecified atom stereocenters. The van der Waals surface area contributed by atoms with E-state index in [4.69, 9.17) is 0 Å². The zero-order chi connectivity index (χ0) is 11.7. The van der Waals surface area contributed by atoms with E-state index in [-0.39, 0.29) is 0 Å². The van der Waals surface area contributed by atoms with Crippen molar-refractivity contribution in [3.63, 3.8) is 0 Å². The molecule has 82 valence electrons. The van der Waals surface area contributed by atoms with Crippen LogP contribution in [0.4, 0.5) is 8.78 Å². The minimum absolute atomic E-state index is 0.338. The molecule has 0 bridgehead atoms. The summed E-state index contributed by atoms with van der Waals surface area (Å²) in [5.41, 5.74) is 0.810. The van der Waals surface area contributed by atoms with Crippen LogP contribution in [0, 0.1) is 18.6 Å². The van der Waals surface area contributed by atoms with Crippen LogP contribution in [-0.2, 0) is 0 Å². The number of aromatic nitrogens is 1. The van der Waals surface area contributed by atoms with E-state index in [1.807, 2.05) is 0 Å². The molecule has 0 saturated carbocycles. The fourth-order valence-corrected chi connectivity index (χ4v) is 2.15. The quantitative estimate of drug-likeness (QED) is 0.753. The van der Waals surface area contributed by atoms with E-state index in [9.17, 15) is 13.6 Å². The van der Waals surface area contributed by atoms with Crippen LogP contribution in [0.25, 0.3) is 10.6 Å². The molecule has 0 spiro atoms. The maximum Gasteiger partial charge on any atom is 0.169 e. The highest BCUT2D eigenvalue weighted by molar-refractivity contribution is 7.15. The van der Waals surface area contributed by atoms with Crippen LogP contribution >= 0.6 is 11.3 Å². The molecule has 0 saturated heterocycles. The van der Waals surface area contributed by atoms with E-state index in [1.165, 1.54) is 17.4 Å². The number of aryl methyl sites for hydroxylation is 1. The number of rotatable bonds is 2. The third-order valence-corrected chi connectivity index (χ3v) is 3.15. The summed E-state index contributed by atoms with van der Waals surface area (Å²) in [4.78, 5) is 15.4. The summed E-state index contributed by atoms with van der Waals surface area (Å²) in [5.74, 6) is -1.81. The topological polar surface area (TPSA) is 30.0 Å². The summed E-state index contributed by atoms with van der Waals surface area (Å²) in [7, 11) is 0. The second-order valence-corrected chi connectivity index (χ2v) is 4.41. The fraction of sp³-hybridized carbons (Fsp3) is 0.0909. The van der Waals surface area contributed by atoms with Gasteiger partial charge in [0, 0.05) is 10.4 Å². The average Bonchev–Trinajstić information content (AvgIpc) is 2.64. The lowest BCUT2D eigenvalue weighted by Gasteiger charge is -1.96. The Labute approximate surface area is 94.6 Å². The number of hydrogen-bond donors (Lipinski definition) is 0. The molecule has 1 heterocycles. The second kappa shape index (κ2) is 4.09. The van der Waals surface area contributed by atoms with Gasteiger partial charge in [0.15, 0.2) is 17.9 Å². The number of nitrogens with zero attached hydrogens (tertiary/aromatic N) is 1. The molecule has 0 aliphatic carbocycles. The van der Waals surface area contributed by atoms with Crippen molar-refractivity contribution in [2.45, 2.75) is 6.92 Å². The highest BCUT2D eigenvalue weighted by Gasteiger charge is 2.10. The first kappa shape index (κ1) is 10.9. The van der Waals surface area contributed by atoms with Gasteiger partial charge in [-0.05, 0) is 25.1 Å². The largest absolute Gasteiger partial charge is 0.296 e. The summed E-state index contributed by atoms with van der Waals surface area (Å²) in [6.45, 7) is 1.75. The molecule has 0 atom stereocenters. The van der Waals surface area contributed by atoms with Gasteiger partial charge >= 0.3 is 0 Å². The van der Waals surface area contributed by atoms with Gasteiger partial charge in [0.25, 0.3) is 0 Å².